The molecule has 1 saturated carbocycles. The Morgan fingerprint density at radius 1 is 0.966 bits per heavy atom. The normalized spacial score (nSPS) is 18.4. The highest BCUT2D eigenvalue weighted by Gasteiger charge is 2.21. The van der Waals surface area contributed by atoms with Crippen LogP contribution in [0.2, 0.25) is 10.0 Å². The molecule has 2 aromatic carbocycles. The summed E-state index contributed by atoms with van der Waals surface area (Å²) in [5.41, 5.74) is 3.61. The molecule has 0 N–H and O–H groups in total. The Hall–Kier alpha value is -1.62. The Morgan fingerprint density at radius 2 is 1.59 bits per heavy atom. The van der Waals surface area contributed by atoms with Gasteiger partial charge in [-0.25, -0.2) is 0 Å². The standard InChI is InChI=1S/C25H25Cl2NS/c1-2-3-4-18-7-11-21(12-8-18)22-13-9-19(10-14-22)5-6-20-15-23(26)25(28-17-29)24(27)16-20/h9-10,13-16,18,21H,2-4,7-8,11-12H2,1H3. The van der Waals surface area contributed by atoms with Crippen LogP contribution >= 0.6 is 35.4 Å². The molecule has 0 heterocycles. The first-order valence-electron chi connectivity index (χ1n) is 10.3. The van der Waals surface area contributed by atoms with Crippen LogP contribution < -0.4 is 0 Å². The van der Waals surface area contributed by atoms with Crippen LogP contribution in [0.1, 0.15) is 74.5 Å². The van der Waals surface area contributed by atoms with Crippen LogP contribution in [0.15, 0.2) is 41.4 Å². The lowest BCUT2D eigenvalue weighted by Gasteiger charge is -2.28. The number of hydrogen-bond acceptors (Lipinski definition) is 2. The van der Waals surface area contributed by atoms with Gasteiger partial charge in [-0.3, -0.25) is 0 Å². The van der Waals surface area contributed by atoms with Crippen molar-refractivity contribution >= 4 is 46.3 Å². The van der Waals surface area contributed by atoms with Crippen LogP contribution in [0.5, 0.6) is 0 Å². The van der Waals surface area contributed by atoms with Crippen molar-refractivity contribution in [1.82, 2.24) is 0 Å². The van der Waals surface area contributed by atoms with E-state index in [0.29, 0.717) is 21.7 Å². The minimum atomic E-state index is 0.420. The van der Waals surface area contributed by atoms with E-state index in [1.54, 1.807) is 12.1 Å². The molecule has 150 valence electrons. The Labute approximate surface area is 189 Å². The summed E-state index contributed by atoms with van der Waals surface area (Å²) in [6.45, 7) is 2.28. The molecule has 1 aliphatic rings. The second-order valence-corrected chi connectivity index (χ2v) is 8.72. The summed E-state index contributed by atoms with van der Waals surface area (Å²) in [5.74, 6) is 7.96. The van der Waals surface area contributed by atoms with Crippen molar-refractivity contribution in [3.63, 3.8) is 0 Å². The molecular formula is C25H25Cl2NS. The smallest absolute Gasteiger partial charge is 0.111 e. The van der Waals surface area contributed by atoms with Crippen LogP contribution in [-0.4, -0.2) is 5.16 Å². The zero-order valence-electron chi connectivity index (χ0n) is 16.7. The molecule has 0 unspecified atom stereocenters. The third-order valence-electron chi connectivity index (χ3n) is 5.72. The van der Waals surface area contributed by atoms with Crippen molar-refractivity contribution in [3.05, 3.63) is 63.1 Å². The van der Waals surface area contributed by atoms with E-state index in [0.717, 1.165) is 17.0 Å². The maximum Gasteiger partial charge on any atom is 0.111 e. The van der Waals surface area contributed by atoms with Gasteiger partial charge in [-0.15, -0.1) is 0 Å². The average Bonchev–Trinajstić information content (AvgIpc) is 2.74. The van der Waals surface area contributed by atoms with Gasteiger partial charge >= 0.3 is 0 Å². The lowest BCUT2D eigenvalue weighted by molar-refractivity contribution is 0.304. The molecule has 0 saturated heterocycles. The number of unbranched alkanes of at least 4 members (excludes halogenated alkanes) is 1. The number of rotatable bonds is 5. The lowest BCUT2D eigenvalue weighted by Crippen LogP contribution is -2.13. The largest absolute Gasteiger partial charge is 0.192 e. The number of benzene rings is 2. The van der Waals surface area contributed by atoms with Crippen molar-refractivity contribution in [2.45, 2.75) is 57.8 Å². The molecule has 0 bridgehead atoms. The number of nitrogens with zero attached hydrogens (tertiary/aromatic N) is 1. The third-order valence-corrected chi connectivity index (χ3v) is 6.39. The SMILES string of the molecule is CCCCC1CCC(c2ccc(C#Cc3cc(Cl)c(N=C=S)c(Cl)c3)cc2)CC1. The van der Waals surface area contributed by atoms with Gasteiger partial charge in [0.05, 0.1) is 15.2 Å². The quantitative estimate of drug-likeness (QED) is 0.257. The molecule has 0 aliphatic heterocycles. The number of hydrogen-bond donors (Lipinski definition) is 0. The van der Waals surface area contributed by atoms with Gasteiger partial charge in [0.15, 0.2) is 0 Å². The fraction of sp³-hybridized carbons (Fsp3) is 0.400. The van der Waals surface area contributed by atoms with Crippen molar-refractivity contribution in [1.29, 1.82) is 0 Å². The topological polar surface area (TPSA) is 12.4 Å². The highest BCUT2D eigenvalue weighted by molar-refractivity contribution is 7.78. The first-order chi connectivity index (χ1) is 14.1. The maximum absolute atomic E-state index is 6.21. The summed E-state index contributed by atoms with van der Waals surface area (Å²) in [6.07, 6.45) is 9.46. The summed E-state index contributed by atoms with van der Waals surface area (Å²) < 4.78 is 0. The Morgan fingerprint density at radius 3 is 2.17 bits per heavy atom. The lowest BCUT2D eigenvalue weighted by atomic mass is 9.77. The van der Waals surface area contributed by atoms with Crippen molar-refractivity contribution in [2.75, 3.05) is 0 Å². The van der Waals surface area contributed by atoms with Crippen LogP contribution in [0.4, 0.5) is 5.69 Å². The Balaban J connectivity index is 1.64. The minimum absolute atomic E-state index is 0.420. The van der Waals surface area contributed by atoms with Crippen LogP contribution in [0.25, 0.3) is 0 Å². The van der Waals surface area contributed by atoms with Gasteiger partial charge in [-0.05, 0) is 79.6 Å². The van der Waals surface area contributed by atoms with E-state index < -0.39 is 0 Å². The molecule has 3 rings (SSSR count). The highest BCUT2D eigenvalue weighted by Crippen LogP contribution is 2.37. The van der Waals surface area contributed by atoms with E-state index in [2.05, 4.69) is 65.4 Å². The number of isothiocyanates is 1. The number of thiocarbonyl (C=S) groups is 1. The first-order valence-corrected chi connectivity index (χ1v) is 11.5. The molecule has 0 amide bonds. The first kappa shape index (κ1) is 22.1. The van der Waals surface area contributed by atoms with Gasteiger partial charge in [0, 0.05) is 11.1 Å². The summed E-state index contributed by atoms with van der Waals surface area (Å²) in [7, 11) is 0. The molecule has 29 heavy (non-hydrogen) atoms. The third kappa shape index (κ3) is 6.18. The van der Waals surface area contributed by atoms with Gasteiger partial charge in [0.2, 0.25) is 0 Å². The fourth-order valence-electron chi connectivity index (χ4n) is 4.05. The van der Waals surface area contributed by atoms with Gasteiger partial charge in [-0.2, -0.15) is 4.99 Å². The predicted octanol–water partition coefficient (Wildman–Crippen LogP) is 8.59. The van der Waals surface area contributed by atoms with E-state index in [1.165, 1.54) is 50.5 Å². The van der Waals surface area contributed by atoms with Crippen molar-refractivity contribution in [3.8, 4) is 11.8 Å². The molecule has 1 aliphatic carbocycles. The second-order valence-electron chi connectivity index (χ2n) is 7.72. The molecule has 1 nitrogen and oxygen atoms in total. The van der Waals surface area contributed by atoms with Crippen molar-refractivity contribution in [2.24, 2.45) is 10.9 Å². The highest BCUT2D eigenvalue weighted by atomic mass is 35.5. The maximum atomic E-state index is 6.21. The van der Waals surface area contributed by atoms with Gasteiger partial charge in [0.25, 0.3) is 0 Å². The zero-order valence-corrected chi connectivity index (χ0v) is 19.0. The summed E-state index contributed by atoms with van der Waals surface area (Å²) in [4.78, 5) is 3.89. The Kier molecular flexibility index (Phi) is 8.34. The Bertz CT molecular complexity index is 918. The zero-order chi connectivity index (χ0) is 20.6. The van der Waals surface area contributed by atoms with Crippen LogP contribution in [0, 0.1) is 17.8 Å². The molecule has 0 spiro atoms. The molecule has 0 aromatic heterocycles. The van der Waals surface area contributed by atoms with E-state index in [4.69, 9.17) is 23.2 Å². The summed E-state index contributed by atoms with van der Waals surface area (Å²) >= 11 is 17.0. The number of aliphatic imine (C=N–C) groups is 1. The fourth-order valence-corrected chi connectivity index (χ4v) is 4.71. The number of halogens is 2. The van der Waals surface area contributed by atoms with Gasteiger partial charge < -0.3 is 0 Å². The second kappa shape index (κ2) is 11.0. The minimum Gasteiger partial charge on any atom is -0.192 e. The molecule has 4 heteroatoms. The average molecular weight is 442 g/mol. The monoisotopic (exact) mass is 441 g/mol. The predicted molar refractivity (Wildman–Crippen MR) is 128 cm³/mol. The summed E-state index contributed by atoms with van der Waals surface area (Å²) in [5, 5.41) is 3.13. The van der Waals surface area contributed by atoms with E-state index in [9.17, 15) is 0 Å². The molecule has 0 radical (unpaired) electrons. The molecule has 0 atom stereocenters. The van der Waals surface area contributed by atoms with E-state index in [-0.39, 0.29) is 0 Å². The molecule has 1 fully saturated rings. The van der Waals surface area contributed by atoms with Gasteiger partial charge in [-0.1, -0.05) is 73.4 Å². The van der Waals surface area contributed by atoms with Crippen LogP contribution in [0.3, 0.4) is 0 Å². The van der Waals surface area contributed by atoms with Crippen LogP contribution in [-0.2, 0) is 0 Å². The van der Waals surface area contributed by atoms with Crippen molar-refractivity contribution < 1.29 is 0 Å². The van der Waals surface area contributed by atoms with Gasteiger partial charge in [0.1, 0.15) is 5.69 Å². The molecule has 2 aromatic rings. The summed E-state index contributed by atoms with van der Waals surface area (Å²) in [6, 6.07) is 12.2. The van der Waals surface area contributed by atoms with E-state index >= 15 is 0 Å². The molecular weight excluding hydrogens is 417 g/mol. The van der Waals surface area contributed by atoms with E-state index in [1.807, 2.05) is 0 Å².